The van der Waals surface area contributed by atoms with Crippen molar-refractivity contribution in [2.75, 3.05) is 32.7 Å². The molecule has 1 aliphatic rings. The van der Waals surface area contributed by atoms with Crippen molar-refractivity contribution in [2.24, 2.45) is 4.99 Å². The predicted molar refractivity (Wildman–Crippen MR) is 112 cm³/mol. The molecule has 0 unspecified atom stereocenters. The number of halogens is 1. The van der Waals surface area contributed by atoms with E-state index < -0.39 is 0 Å². The van der Waals surface area contributed by atoms with E-state index in [0.717, 1.165) is 32.1 Å². The van der Waals surface area contributed by atoms with Gasteiger partial charge in [-0.2, -0.15) is 0 Å². The molecule has 0 aromatic carbocycles. The van der Waals surface area contributed by atoms with Crippen LogP contribution in [-0.4, -0.2) is 43.6 Å². The fourth-order valence-corrected chi connectivity index (χ4v) is 3.58. The molecular weight excluding hydrogens is 419 g/mol. The molecule has 1 saturated heterocycles. The molecule has 2 heterocycles. The summed E-state index contributed by atoms with van der Waals surface area (Å²) >= 11 is 1.79. The Bertz CT molecular complexity index is 453. The number of guanidine groups is 1. The second-order valence-corrected chi connectivity index (χ2v) is 6.91. The van der Waals surface area contributed by atoms with Gasteiger partial charge in [0, 0.05) is 24.5 Å². The number of nitrogens with zero attached hydrogens (tertiary/aromatic N) is 2. The third kappa shape index (κ3) is 7.85. The Hall–Kier alpha value is -0.340. The average molecular weight is 450 g/mol. The number of nitrogens with one attached hydrogen (secondary N) is 2. The van der Waals surface area contributed by atoms with Crippen LogP contribution in [0.4, 0.5) is 0 Å². The second-order valence-electron chi connectivity index (χ2n) is 5.90. The molecule has 23 heavy (non-hydrogen) atoms. The number of aliphatic imine (C=N–C) groups is 1. The van der Waals surface area contributed by atoms with E-state index >= 15 is 0 Å². The van der Waals surface area contributed by atoms with Crippen LogP contribution < -0.4 is 10.6 Å². The first kappa shape index (κ1) is 20.7. The van der Waals surface area contributed by atoms with E-state index in [1.165, 1.54) is 49.2 Å². The van der Waals surface area contributed by atoms with Crippen molar-refractivity contribution in [3.05, 3.63) is 21.9 Å². The van der Waals surface area contributed by atoms with Gasteiger partial charge in [-0.3, -0.25) is 0 Å². The van der Waals surface area contributed by atoms with Crippen molar-refractivity contribution in [1.29, 1.82) is 0 Å². The van der Waals surface area contributed by atoms with Gasteiger partial charge in [-0.1, -0.05) is 12.8 Å². The maximum atomic E-state index is 4.70. The van der Waals surface area contributed by atoms with E-state index in [2.05, 4.69) is 40.8 Å². The maximum absolute atomic E-state index is 4.70. The highest BCUT2D eigenvalue weighted by molar-refractivity contribution is 14.0. The standard InChI is InChI=1S/C17H30N4S.HI/c1-3-18-17(20-14-16-15(2)8-13-22-16)19-9-12-21-10-6-4-5-7-11-21;/h8,13H,3-7,9-12,14H2,1-2H3,(H2,18,19,20);1H. The Balaban J connectivity index is 0.00000264. The summed E-state index contributed by atoms with van der Waals surface area (Å²) in [4.78, 5) is 8.63. The molecule has 0 amide bonds. The summed E-state index contributed by atoms with van der Waals surface area (Å²) < 4.78 is 0. The maximum Gasteiger partial charge on any atom is 0.191 e. The van der Waals surface area contributed by atoms with Crippen molar-refractivity contribution in [1.82, 2.24) is 15.5 Å². The van der Waals surface area contributed by atoms with Crippen LogP contribution in [0.5, 0.6) is 0 Å². The SMILES string of the molecule is CCNC(=NCc1sccc1C)NCCN1CCCCCC1.I. The third-order valence-electron chi connectivity index (χ3n) is 4.11. The number of hydrogen-bond acceptors (Lipinski definition) is 3. The summed E-state index contributed by atoms with van der Waals surface area (Å²) in [7, 11) is 0. The first-order chi connectivity index (χ1) is 10.8. The van der Waals surface area contributed by atoms with Crippen molar-refractivity contribution in [3.63, 3.8) is 0 Å². The number of aryl methyl sites for hydroxylation is 1. The van der Waals surface area contributed by atoms with E-state index in [1.54, 1.807) is 11.3 Å². The zero-order valence-electron chi connectivity index (χ0n) is 14.4. The summed E-state index contributed by atoms with van der Waals surface area (Å²) in [6.07, 6.45) is 5.50. The van der Waals surface area contributed by atoms with Crippen LogP contribution in [0.1, 0.15) is 43.0 Å². The summed E-state index contributed by atoms with van der Waals surface area (Å²) in [5, 5.41) is 8.95. The van der Waals surface area contributed by atoms with Crippen LogP contribution in [0.3, 0.4) is 0 Å². The highest BCUT2D eigenvalue weighted by atomic mass is 127. The first-order valence-corrected chi connectivity index (χ1v) is 9.45. The Labute approximate surface area is 162 Å². The minimum atomic E-state index is 0. The van der Waals surface area contributed by atoms with E-state index in [1.807, 2.05) is 0 Å². The molecule has 2 N–H and O–H groups in total. The lowest BCUT2D eigenvalue weighted by Gasteiger charge is -2.20. The topological polar surface area (TPSA) is 39.7 Å². The zero-order valence-corrected chi connectivity index (χ0v) is 17.6. The Morgan fingerprint density at radius 2 is 1.96 bits per heavy atom. The second kappa shape index (κ2) is 12.1. The highest BCUT2D eigenvalue weighted by Gasteiger charge is 2.08. The van der Waals surface area contributed by atoms with Crippen LogP contribution in [0.15, 0.2) is 16.4 Å². The van der Waals surface area contributed by atoms with Gasteiger partial charge >= 0.3 is 0 Å². The fourth-order valence-electron chi connectivity index (χ4n) is 2.75. The van der Waals surface area contributed by atoms with Gasteiger partial charge in [0.05, 0.1) is 6.54 Å². The minimum absolute atomic E-state index is 0. The Morgan fingerprint density at radius 1 is 1.22 bits per heavy atom. The molecule has 0 saturated carbocycles. The largest absolute Gasteiger partial charge is 0.357 e. The van der Waals surface area contributed by atoms with Gasteiger partial charge in [-0.05, 0) is 56.8 Å². The molecule has 0 spiro atoms. The molecular formula is C17H31IN4S. The summed E-state index contributed by atoms with van der Waals surface area (Å²) in [6, 6.07) is 2.16. The quantitative estimate of drug-likeness (QED) is 0.395. The van der Waals surface area contributed by atoms with Crippen molar-refractivity contribution >= 4 is 41.3 Å². The molecule has 1 aliphatic heterocycles. The lowest BCUT2D eigenvalue weighted by atomic mass is 10.2. The fraction of sp³-hybridized carbons (Fsp3) is 0.706. The summed E-state index contributed by atoms with van der Waals surface area (Å²) in [5.74, 6) is 0.935. The molecule has 4 nitrogen and oxygen atoms in total. The number of thiophene rings is 1. The molecule has 0 atom stereocenters. The van der Waals surface area contributed by atoms with Crippen LogP contribution in [-0.2, 0) is 6.54 Å². The lowest BCUT2D eigenvalue weighted by Crippen LogP contribution is -2.41. The average Bonchev–Trinajstić information content (AvgIpc) is 2.76. The van der Waals surface area contributed by atoms with Crippen LogP contribution in [0, 0.1) is 6.92 Å². The summed E-state index contributed by atoms with van der Waals surface area (Å²) in [6.45, 7) is 10.5. The molecule has 132 valence electrons. The molecule has 1 fully saturated rings. The van der Waals surface area contributed by atoms with Gasteiger partial charge in [0.15, 0.2) is 5.96 Å². The first-order valence-electron chi connectivity index (χ1n) is 8.57. The van der Waals surface area contributed by atoms with E-state index in [-0.39, 0.29) is 24.0 Å². The molecule has 1 aromatic rings. The lowest BCUT2D eigenvalue weighted by molar-refractivity contribution is 0.289. The zero-order chi connectivity index (χ0) is 15.6. The molecule has 0 aliphatic carbocycles. The smallest absolute Gasteiger partial charge is 0.191 e. The van der Waals surface area contributed by atoms with Gasteiger partial charge in [0.1, 0.15) is 0 Å². The number of rotatable bonds is 6. The molecule has 0 radical (unpaired) electrons. The van der Waals surface area contributed by atoms with Gasteiger partial charge < -0.3 is 15.5 Å². The van der Waals surface area contributed by atoms with Crippen LogP contribution >= 0.6 is 35.3 Å². The minimum Gasteiger partial charge on any atom is -0.357 e. The Kier molecular flexibility index (Phi) is 10.9. The normalized spacial score (nSPS) is 16.5. The summed E-state index contributed by atoms with van der Waals surface area (Å²) in [5.41, 5.74) is 1.34. The van der Waals surface area contributed by atoms with E-state index in [9.17, 15) is 0 Å². The van der Waals surface area contributed by atoms with Crippen LogP contribution in [0.2, 0.25) is 0 Å². The number of hydrogen-bond donors (Lipinski definition) is 2. The van der Waals surface area contributed by atoms with Gasteiger partial charge in [0.25, 0.3) is 0 Å². The van der Waals surface area contributed by atoms with Gasteiger partial charge in [-0.15, -0.1) is 35.3 Å². The van der Waals surface area contributed by atoms with Crippen molar-refractivity contribution in [3.8, 4) is 0 Å². The molecule has 2 rings (SSSR count). The van der Waals surface area contributed by atoms with Crippen molar-refractivity contribution in [2.45, 2.75) is 46.1 Å². The Morgan fingerprint density at radius 3 is 2.57 bits per heavy atom. The third-order valence-corrected chi connectivity index (χ3v) is 5.12. The van der Waals surface area contributed by atoms with Crippen molar-refractivity contribution < 1.29 is 0 Å². The van der Waals surface area contributed by atoms with E-state index in [0.29, 0.717) is 0 Å². The molecule has 0 bridgehead atoms. The number of likely N-dealkylation sites (tertiary alicyclic amines) is 1. The van der Waals surface area contributed by atoms with E-state index in [4.69, 9.17) is 4.99 Å². The van der Waals surface area contributed by atoms with Gasteiger partial charge in [0.2, 0.25) is 0 Å². The molecule has 6 heteroatoms. The highest BCUT2D eigenvalue weighted by Crippen LogP contribution is 2.16. The predicted octanol–water partition coefficient (Wildman–Crippen LogP) is 3.61. The van der Waals surface area contributed by atoms with Gasteiger partial charge in [-0.25, -0.2) is 4.99 Å². The van der Waals surface area contributed by atoms with Crippen LogP contribution in [0.25, 0.3) is 0 Å². The monoisotopic (exact) mass is 450 g/mol. The molecule has 1 aromatic heterocycles.